The van der Waals surface area contributed by atoms with Crippen molar-refractivity contribution in [2.45, 2.75) is 26.7 Å². The first-order chi connectivity index (χ1) is 8.91. The fourth-order valence-electron chi connectivity index (χ4n) is 1.67. The minimum Gasteiger partial charge on any atom is -0.478 e. The van der Waals surface area contributed by atoms with Crippen molar-refractivity contribution in [2.75, 3.05) is 0 Å². The quantitative estimate of drug-likeness (QED) is 0.934. The molecule has 0 saturated heterocycles. The summed E-state index contributed by atoms with van der Waals surface area (Å²) in [6, 6.07) is 3.45. The molecular weight excluding hydrogens is 268 g/mol. The number of carboxylic acids is 1. The summed E-state index contributed by atoms with van der Waals surface area (Å²) in [5, 5.41) is 21.4. The molecule has 0 amide bonds. The van der Waals surface area contributed by atoms with Crippen molar-refractivity contribution in [1.29, 1.82) is 0 Å². The zero-order valence-electron chi connectivity index (χ0n) is 10.8. The molecule has 2 heterocycles. The van der Waals surface area contributed by atoms with Gasteiger partial charge in [0.15, 0.2) is 5.82 Å². The number of carbonyl (C=O) groups is 1. The number of rotatable bonds is 3. The molecule has 0 fully saturated rings. The van der Waals surface area contributed by atoms with Gasteiger partial charge in [0.25, 0.3) is 0 Å². The normalized spacial score (nSPS) is 11.0. The number of aryl methyl sites for hydroxylation is 1. The van der Waals surface area contributed by atoms with Crippen molar-refractivity contribution in [3.63, 3.8) is 0 Å². The van der Waals surface area contributed by atoms with Crippen LogP contribution in [0, 0.1) is 6.92 Å². The maximum absolute atomic E-state index is 11.3. The van der Waals surface area contributed by atoms with Gasteiger partial charge in [-0.1, -0.05) is 25.4 Å². The lowest BCUT2D eigenvalue weighted by atomic mass is 10.1. The summed E-state index contributed by atoms with van der Waals surface area (Å²) >= 11 is 6.09. The van der Waals surface area contributed by atoms with E-state index in [1.807, 2.05) is 20.8 Å². The molecule has 7 heteroatoms. The van der Waals surface area contributed by atoms with E-state index in [2.05, 4.69) is 15.3 Å². The average molecular weight is 281 g/mol. The minimum absolute atomic E-state index is 0.0130. The lowest BCUT2D eigenvalue weighted by Crippen LogP contribution is -2.02. The van der Waals surface area contributed by atoms with E-state index in [0.717, 1.165) is 5.69 Å². The SMILES string of the molecule is Cc1ccc(-n2nc(C(C)C)c(C(=O)O)c2Cl)nn1. The average Bonchev–Trinajstić information content (AvgIpc) is 2.68. The number of aromatic nitrogens is 4. The summed E-state index contributed by atoms with van der Waals surface area (Å²) in [6.45, 7) is 5.52. The Bertz CT molecular complexity index is 619. The first-order valence-corrected chi connectivity index (χ1v) is 6.12. The Morgan fingerprint density at radius 1 is 1.37 bits per heavy atom. The minimum atomic E-state index is -1.10. The summed E-state index contributed by atoms with van der Waals surface area (Å²) in [7, 11) is 0. The highest BCUT2D eigenvalue weighted by atomic mass is 35.5. The van der Waals surface area contributed by atoms with Gasteiger partial charge in [-0.3, -0.25) is 0 Å². The zero-order valence-corrected chi connectivity index (χ0v) is 11.5. The molecule has 0 aliphatic rings. The molecule has 0 saturated carbocycles. The van der Waals surface area contributed by atoms with Gasteiger partial charge in [-0.25, -0.2) is 9.48 Å². The predicted octanol–water partition coefficient (Wildman–Crippen LogP) is 2.45. The summed E-state index contributed by atoms with van der Waals surface area (Å²) in [4.78, 5) is 11.3. The monoisotopic (exact) mass is 280 g/mol. The summed E-state index contributed by atoms with van der Waals surface area (Å²) < 4.78 is 1.30. The molecular formula is C12H13ClN4O2. The Hall–Kier alpha value is -1.95. The fourth-order valence-corrected chi connectivity index (χ4v) is 1.97. The predicted molar refractivity (Wildman–Crippen MR) is 69.9 cm³/mol. The molecule has 0 atom stereocenters. The van der Waals surface area contributed by atoms with Crippen LogP contribution >= 0.6 is 11.6 Å². The molecule has 0 aromatic carbocycles. The van der Waals surface area contributed by atoms with E-state index in [9.17, 15) is 9.90 Å². The van der Waals surface area contributed by atoms with Crippen LogP contribution in [0.1, 0.15) is 41.5 Å². The van der Waals surface area contributed by atoms with Gasteiger partial charge in [-0.05, 0) is 25.0 Å². The van der Waals surface area contributed by atoms with E-state index >= 15 is 0 Å². The van der Waals surface area contributed by atoms with Crippen molar-refractivity contribution in [3.05, 3.63) is 34.2 Å². The van der Waals surface area contributed by atoms with E-state index in [0.29, 0.717) is 11.5 Å². The van der Waals surface area contributed by atoms with Crippen molar-refractivity contribution in [3.8, 4) is 5.82 Å². The summed E-state index contributed by atoms with van der Waals surface area (Å²) in [6.07, 6.45) is 0. The molecule has 6 nitrogen and oxygen atoms in total. The third kappa shape index (κ3) is 2.44. The van der Waals surface area contributed by atoms with Crippen LogP contribution in [0.15, 0.2) is 12.1 Å². The Kier molecular flexibility index (Phi) is 3.53. The van der Waals surface area contributed by atoms with Crippen LogP contribution in [0.25, 0.3) is 5.82 Å². The number of hydrogen-bond donors (Lipinski definition) is 1. The largest absolute Gasteiger partial charge is 0.478 e. The van der Waals surface area contributed by atoms with Crippen molar-refractivity contribution in [2.24, 2.45) is 0 Å². The van der Waals surface area contributed by atoms with Crippen LogP contribution in [0.5, 0.6) is 0 Å². The Labute approximate surface area is 115 Å². The van der Waals surface area contributed by atoms with Crippen LogP contribution < -0.4 is 0 Å². The smallest absolute Gasteiger partial charge is 0.340 e. The first-order valence-electron chi connectivity index (χ1n) is 5.74. The van der Waals surface area contributed by atoms with Crippen LogP contribution in [-0.2, 0) is 0 Å². The van der Waals surface area contributed by atoms with Gasteiger partial charge < -0.3 is 5.11 Å². The van der Waals surface area contributed by atoms with Crippen LogP contribution in [0.2, 0.25) is 5.15 Å². The Balaban J connectivity index is 2.62. The van der Waals surface area contributed by atoms with Gasteiger partial charge in [0.05, 0.1) is 11.4 Å². The maximum Gasteiger partial charge on any atom is 0.340 e. The number of aromatic carboxylic acids is 1. The molecule has 19 heavy (non-hydrogen) atoms. The van der Waals surface area contributed by atoms with Crippen LogP contribution in [-0.4, -0.2) is 31.1 Å². The van der Waals surface area contributed by atoms with Gasteiger partial charge in [0, 0.05) is 0 Å². The van der Waals surface area contributed by atoms with E-state index < -0.39 is 5.97 Å². The second kappa shape index (κ2) is 4.97. The van der Waals surface area contributed by atoms with E-state index in [-0.39, 0.29) is 16.6 Å². The van der Waals surface area contributed by atoms with E-state index in [1.165, 1.54) is 4.68 Å². The van der Waals surface area contributed by atoms with Crippen molar-refractivity contribution < 1.29 is 9.90 Å². The highest BCUT2D eigenvalue weighted by molar-refractivity contribution is 6.32. The number of carboxylic acid groups (broad SMARTS) is 1. The second-order valence-corrected chi connectivity index (χ2v) is 4.81. The molecule has 0 unspecified atom stereocenters. The molecule has 2 aromatic heterocycles. The first kappa shape index (κ1) is 13.5. The van der Waals surface area contributed by atoms with Gasteiger partial charge >= 0.3 is 5.97 Å². The number of hydrogen-bond acceptors (Lipinski definition) is 4. The summed E-state index contributed by atoms with van der Waals surface area (Å²) in [5.74, 6) is -0.756. The fraction of sp³-hybridized carbons (Fsp3) is 0.333. The molecule has 0 radical (unpaired) electrons. The molecule has 2 aromatic rings. The topological polar surface area (TPSA) is 80.9 Å². The molecule has 2 rings (SSSR count). The zero-order chi connectivity index (χ0) is 14.2. The third-order valence-electron chi connectivity index (χ3n) is 2.62. The molecule has 0 aliphatic heterocycles. The van der Waals surface area contributed by atoms with Gasteiger partial charge in [-0.2, -0.15) is 10.2 Å². The van der Waals surface area contributed by atoms with E-state index in [4.69, 9.17) is 11.6 Å². The number of halogens is 1. The molecule has 0 spiro atoms. The molecule has 100 valence electrons. The molecule has 1 N–H and O–H groups in total. The standard InChI is InChI=1S/C12H13ClN4O2/c1-6(2)10-9(12(18)19)11(13)17(16-10)8-5-4-7(3)14-15-8/h4-6H,1-3H3,(H,18,19). The Morgan fingerprint density at radius 2 is 2.05 bits per heavy atom. The third-order valence-corrected chi connectivity index (χ3v) is 2.97. The van der Waals surface area contributed by atoms with Crippen molar-refractivity contribution >= 4 is 17.6 Å². The maximum atomic E-state index is 11.3. The highest BCUT2D eigenvalue weighted by Crippen LogP contribution is 2.27. The lowest BCUT2D eigenvalue weighted by Gasteiger charge is -2.01. The lowest BCUT2D eigenvalue weighted by molar-refractivity contribution is 0.0695. The van der Waals surface area contributed by atoms with Crippen LogP contribution in [0.3, 0.4) is 0 Å². The summed E-state index contributed by atoms with van der Waals surface area (Å²) in [5.41, 5.74) is 1.20. The van der Waals surface area contributed by atoms with E-state index in [1.54, 1.807) is 12.1 Å². The Morgan fingerprint density at radius 3 is 2.47 bits per heavy atom. The molecule has 0 bridgehead atoms. The van der Waals surface area contributed by atoms with Gasteiger partial charge in [-0.15, -0.1) is 5.10 Å². The van der Waals surface area contributed by atoms with Crippen LogP contribution in [0.4, 0.5) is 0 Å². The van der Waals surface area contributed by atoms with Gasteiger partial charge in [0.1, 0.15) is 10.7 Å². The van der Waals surface area contributed by atoms with Gasteiger partial charge in [0.2, 0.25) is 0 Å². The highest BCUT2D eigenvalue weighted by Gasteiger charge is 2.25. The second-order valence-electron chi connectivity index (χ2n) is 4.46. The number of nitrogens with zero attached hydrogens (tertiary/aromatic N) is 4. The van der Waals surface area contributed by atoms with Crippen molar-refractivity contribution in [1.82, 2.24) is 20.0 Å². The molecule has 0 aliphatic carbocycles.